The van der Waals surface area contributed by atoms with Crippen LogP contribution in [0.5, 0.6) is 0 Å². The number of nitriles is 1. The van der Waals surface area contributed by atoms with E-state index < -0.39 is 5.56 Å². The Bertz CT molecular complexity index is 1040. The molecule has 2 aromatic carbocycles. The van der Waals surface area contributed by atoms with E-state index in [9.17, 15) is 14.4 Å². The van der Waals surface area contributed by atoms with Crippen molar-refractivity contribution in [2.75, 3.05) is 12.5 Å². The van der Waals surface area contributed by atoms with Crippen LogP contribution in [0.2, 0.25) is 0 Å². The van der Waals surface area contributed by atoms with Gasteiger partial charge < -0.3 is 0 Å². The summed E-state index contributed by atoms with van der Waals surface area (Å²) in [6.07, 6.45) is 3.72. The molecule has 0 atom stereocenters. The summed E-state index contributed by atoms with van der Waals surface area (Å²) in [6, 6.07) is 15.1. The van der Waals surface area contributed by atoms with Gasteiger partial charge in [-0.25, -0.2) is 9.37 Å². The van der Waals surface area contributed by atoms with Gasteiger partial charge in [0.05, 0.1) is 5.69 Å². The molecule has 0 fully saturated rings. The van der Waals surface area contributed by atoms with Crippen molar-refractivity contribution in [2.24, 2.45) is 0 Å². The fourth-order valence-corrected chi connectivity index (χ4v) is 3.43. The van der Waals surface area contributed by atoms with E-state index in [0.717, 1.165) is 4.90 Å². The largest absolute Gasteiger partial charge is 0.277 e. The van der Waals surface area contributed by atoms with Gasteiger partial charge in [-0.2, -0.15) is 5.26 Å². The monoisotopic (exact) mass is 383 g/mol. The standard InChI is InChI=1S/C19H14FN3OS2/c1-25-15-9-7-14(8-10-15)23-17(12-3-5-13(20)6-4-12)22-18(26-2)16(11-21)19(23)24/h3-10H,1-2H3. The zero-order valence-corrected chi connectivity index (χ0v) is 15.7. The van der Waals surface area contributed by atoms with Gasteiger partial charge in [0.15, 0.2) is 0 Å². The second-order valence-corrected chi connectivity index (χ2v) is 6.95. The molecule has 0 aliphatic rings. The number of thioether (sulfide) groups is 2. The minimum atomic E-state index is -0.442. The predicted octanol–water partition coefficient (Wildman–Crippen LogP) is 4.35. The topological polar surface area (TPSA) is 58.7 Å². The van der Waals surface area contributed by atoms with Crippen molar-refractivity contribution < 1.29 is 4.39 Å². The van der Waals surface area contributed by atoms with Gasteiger partial charge in [-0.15, -0.1) is 23.5 Å². The van der Waals surface area contributed by atoms with Gasteiger partial charge in [0.2, 0.25) is 0 Å². The second-order valence-electron chi connectivity index (χ2n) is 5.28. The Balaban J connectivity index is 2.34. The third kappa shape index (κ3) is 3.39. The average Bonchev–Trinajstić information content (AvgIpc) is 2.68. The number of hydrogen-bond acceptors (Lipinski definition) is 5. The molecule has 7 heteroatoms. The molecule has 0 N–H and O–H groups in total. The predicted molar refractivity (Wildman–Crippen MR) is 104 cm³/mol. The molecular formula is C19H14FN3OS2. The van der Waals surface area contributed by atoms with Crippen LogP contribution in [0.25, 0.3) is 17.1 Å². The van der Waals surface area contributed by atoms with Crippen LogP contribution < -0.4 is 5.56 Å². The van der Waals surface area contributed by atoms with Gasteiger partial charge in [0, 0.05) is 10.5 Å². The van der Waals surface area contributed by atoms with E-state index in [1.54, 1.807) is 30.2 Å². The van der Waals surface area contributed by atoms with E-state index in [1.165, 1.54) is 28.5 Å². The summed E-state index contributed by atoms with van der Waals surface area (Å²) in [5.74, 6) is 0.000886. The first-order valence-electron chi connectivity index (χ1n) is 7.60. The Morgan fingerprint density at radius 2 is 1.69 bits per heavy atom. The summed E-state index contributed by atoms with van der Waals surface area (Å²) in [4.78, 5) is 18.6. The first-order valence-corrected chi connectivity index (χ1v) is 10.1. The van der Waals surface area contributed by atoms with Gasteiger partial charge in [0.1, 0.15) is 28.3 Å². The summed E-state index contributed by atoms with van der Waals surface area (Å²) < 4.78 is 14.7. The van der Waals surface area contributed by atoms with E-state index in [4.69, 9.17) is 0 Å². The Morgan fingerprint density at radius 1 is 1.04 bits per heavy atom. The van der Waals surface area contributed by atoms with Crippen molar-refractivity contribution in [2.45, 2.75) is 9.92 Å². The number of rotatable bonds is 4. The van der Waals surface area contributed by atoms with Crippen molar-refractivity contribution in [1.29, 1.82) is 5.26 Å². The molecule has 26 heavy (non-hydrogen) atoms. The quantitative estimate of drug-likeness (QED) is 0.495. The maximum atomic E-state index is 13.3. The molecule has 3 aromatic rings. The first kappa shape index (κ1) is 18.2. The molecule has 0 spiro atoms. The maximum Gasteiger partial charge on any atom is 0.277 e. The lowest BCUT2D eigenvalue weighted by atomic mass is 10.2. The van der Waals surface area contributed by atoms with Crippen molar-refractivity contribution in [3.8, 4) is 23.1 Å². The van der Waals surface area contributed by atoms with Crippen LogP contribution in [-0.4, -0.2) is 22.1 Å². The molecule has 130 valence electrons. The molecular weight excluding hydrogens is 369 g/mol. The SMILES string of the molecule is CSc1ccc(-n2c(-c3ccc(F)cc3)nc(SC)c(C#N)c2=O)cc1. The van der Waals surface area contributed by atoms with Crippen LogP contribution in [0.3, 0.4) is 0 Å². The van der Waals surface area contributed by atoms with Crippen molar-refractivity contribution >= 4 is 23.5 Å². The number of hydrogen-bond donors (Lipinski definition) is 0. The third-order valence-electron chi connectivity index (χ3n) is 3.79. The highest BCUT2D eigenvalue weighted by atomic mass is 32.2. The molecule has 4 nitrogen and oxygen atoms in total. The summed E-state index contributed by atoms with van der Waals surface area (Å²) in [6.45, 7) is 0. The molecule has 0 amide bonds. The van der Waals surface area contributed by atoms with E-state index in [-0.39, 0.29) is 11.4 Å². The molecule has 1 heterocycles. The van der Waals surface area contributed by atoms with Crippen molar-refractivity contribution in [1.82, 2.24) is 9.55 Å². The molecule has 1 aromatic heterocycles. The van der Waals surface area contributed by atoms with Crippen LogP contribution >= 0.6 is 23.5 Å². The Kier molecular flexibility index (Phi) is 5.45. The maximum absolute atomic E-state index is 13.3. The lowest BCUT2D eigenvalue weighted by Gasteiger charge is -2.15. The number of aromatic nitrogens is 2. The van der Waals surface area contributed by atoms with Gasteiger partial charge >= 0.3 is 0 Å². The summed E-state index contributed by atoms with van der Waals surface area (Å²) in [5.41, 5.74) is 0.751. The van der Waals surface area contributed by atoms with E-state index in [2.05, 4.69) is 4.98 Å². The lowest BCUT2D eigenvalue weighted by molar-refractivity contribution is 0.628. The highest BCUT2D eigenvalue weighted by Gasteiger charge is 2.18. The van der Waals surface area contributed by atoms with Gasteiger partial charge in [-0.3, -0.25) is 9.36 Å². The highest BCUT2D eigenvalue weighted by molar-refractivity contribution is 7.98. The summed E-state index contributed by atoms with van der Waals surface area (Å²) in [7, 11) is 0. The van der Waals surface area contributed by atoms with Gasteiger partial charge in [-0.05, 0) is 61.0 Å². The minimum absolute atomic E-state index is 0.00250. The zero-order chi connectivity index (χ0) is 18.7. The zero-order valence-electron chi connectivity index (χ0n) is 14.1. The second kappa shape index (κ2) is 7.77. The van der Waals surface area contributed by atoms with Crippen LogP contribution in [0, 0.1) is 17.1 Å². The van der Waals surface area contributed by atoms with Crippen LogP contribution in [0.15, 0.2) is 63.2 Å². The molecule has 0 aliphatic carbocycles. The smallest absolute Gasteiger partial charge is 0.267 e. The normalized spacial score (nSPS) is 10.5. The van der Waals surface area contributed by atoms with Crippen LogP contribution in [0.4, 0.5) is 4.39 Å². The molecule has 0 radical (unpaired) electrons. The Hall–Kier alpha value is -2.56. The lowest BCUT2D eigenvalue weighted by Crippen LogP contribution is -2.25. The molecule has 0 aliphatic heterocycles. The van der Waals surface area contributed by atoms with Crippen LogP contribution in [0.1, 0.15) is 5.56 Å². The van der Waals surface area contributed by atoms with Gasteiger partial charge in [-0.1, -0.05) is 0 Å². The number of halogens is 1. The van der Waals surface area contributed by atoms with Crippen molar-refractivity contribution in [3.05, 3.63) is 70.3 Å². The van der Waals surface area contributed by atoms with Crippen molar-refractivity contribution in [3.63, 3.8) is 0 Å². The average molecular weight is 383 g/mol. The fraction of sp³-hybridized carbons (Fsp3) is 0.105. The fourth-order valence-electron chi connectivity index (χ4n) is 2.51. The third-order valence-corrected chi connectivity index (χ3v) is 5.21. The van der Waals surface area contributed by atoms with Gasteiger partial charge in [0.25, 0.3) is 5.56 Å². The Labute approximate surface area is 158 Å². The Morgan fingerprint density at radius 3 is 2.23 bits per heavy atom. The first-order chi connectivity index (χ1) is 12.6. The highest BCUT2D eigenvalue weighted by Crippen LogP contribution is 2.25. The van der Waals surface area contributed by atoms with Crippen LogP contribution in [-0.2, 0) is 0 Å². The molecule has 3 rings (SSSR count). The molecule has 0 unspecified atom stereocenters. The minimum Gasteiger partial charge on any atom is -0.267 e. The summed E-state index contributed by atoms with van der Waals surface area (Å²) >= 11 is 2.82. The number of nitrogens with zero attached hydrogens (tertiary/aromatic N) is 3. The molecule has 0 bridgehead atoms. The number of benzene rings is 2. The van der Waals surface area contributed by atoms with E-state index in [0.29, 0.717) is 22.1 Å². The molecule has 0 saturated carbocycles. The molecule has 0 saturated heterocycles. The van der Waals surface area contributed by atoms with E-state index >= 15 is 0 Å². The summed E-state index contributed by atoms with van der Waals surface area (Å²) in [5, 5.41) is 9.77. The van der Waals surface area contributed by atoms with E-state index in [1.807, 2.05) is 36.6 Å².